The molecule has 0 aromatic heterocycles. The van der Waals surface area contributed by atoms with Crippen LogP contribution in [0, 0.1) is 5.82 Å². The van der Waals surface area contributed by atoms with Gasteiger partial charge in [0, 0.05) is 16.2 Å². The molecule has 1 rings (SSSR count). The Hall–Kier alpha value is -0.810. The van der Waals surface area contributed by atoms with Crippen molar-refractivity contribution < 1.29 is 17.5 Å². The average Bonchev–Trinajstić information content (AvgIpc) is 2.14. The number of hydrogen-bond acceptors (Lipinski definition) is 3. The molecule has 0 N–H and O–H groups in total. The molecular formula is C10H12ClFO3S. The van der Waals surface area contributed by atoms with Crippen LogP contribution in [-0.2, 0) is 21.2 Å². The van der Waals surface area contributed by atoms with Crippen LogP contribution in [0.5, 0.6) is 5.75 Å². The largest absolute Gasteiger partial charge is 0.496 e. The predicted octanol–water partition coefficient (Wildman–Crippen LogP) is 2.47. The molecule has 0 saturated heterocycles. The molecule has 6 heteroatoms. The molecule has 0 atom stereocenters. The molecule has 0 fully saturated rings. The van der Waals surface area contributed by atoms with E-state index < -0.39 is 20.6 Å². The van der Waals surface area contributed by atoms with Crippen LogP contribution in [-0.4, -0.2) is 15.5 Å². The third kappa shape index (κ3) is 3.35. The highest BCUT2D eigenvalue weighted by Crippen LogP contribution is 2.25. The van der Waals surface area contributed by atoms with Crippen molar-refractivity contribution >= 4 is 19.7 Å². The van der Waals surface area contributed by atoms with E-state index in [0.717, 1.165) is 0 Å². The lowest BCUT2D eigenvalue weighted by Crippen LogP contribution is -2.00. The van der Waals surface area contributed by atoms with Gasteiger partial charge in [-0.1, -0.05) is 6.92 Å². The van der Waals surface area contributed by atoms with Crippen molar-refractivity contribution in [3.8, 4) is 5.75 Å². The van der Waals surface area contributed by atoms with E-state index in [1.807, 2.05) is 0 Å². The number of methoxy groups -OCH3 is 1. The fourth-order valence-corrected chi connectivity index (χ4v) is 2.42. The highest BCUT2D eigenvalue weighted by molar-refractivity contribution is 8.13. The van der Waals surface area contributed by atoms with Crippen LogP contribution in [0.3, 0.4) is 0 Å². The lowest BCUT2D eigenvalue weighted by Gasteiger charge is -2.09. The second-order valence-electron chi connectivity index (χ2n) is 3.30. The van der Waals surface area contributed by atoms with E-state index in [9.17, 15) is 12.8 Å². The summed E-state index contributed by atoms with van der Waals surface area (Å²) in [4.78, 5) is 0. The summed E-state index contributed by atoms with van der Waals surface area (Å²) in [5, 5.41) is 0. The maximum absolute atomic E-state index is 13.6. The predicted molar refractivity (Wildman–Crippen MR) is 60.8 cm³/mol. The van der Waals surface area contributed by atoms with Gasteiger partial charge in [-0.2, -0.15) is 0 Å². The van der Waals surface area contributed by atoms with Crippen molar-refractivity contribution in [2.45, 2.75) is 19.1 Å². The van der Waals surface area contributed by atoms with Gasteiger partial charge in [-0.25, -0.2) is 12.8 Å². The summed E-state index contributed by atoms with van der Waals surface area (Å²) in [5.74, 6) is -0.541. The maximum atomic E-state index is 13.6. The summed E-state index contributed by atoms with van der Waals surface area (Å²) in [6.45, 7) is 1.79. The van der Waals surface area contributed by atoms with Gasteiger partial charge < -0.3 is 4.74 Å². The first-order chi connectivity index (χ1) is 7.37. The second-order valence-corrected chi connectivity index (χ2v) is 6.07. The topological polar surface area (TPSA) is 43.4 Å². The van der Waals surface area contributed by atoms with E-state index in [2.05, 4.69) is 0 Å². The molecule has 16 heavy (non-hydrogen) atoms. The molecule has 0 aliphatic rings. The van der Waals surface area contributed by atoms with Crippen molar-refractivity contribution in [3.63, 3.8) is 0 Å². The molecule has 0 amide bonds. The zero-order valence-corrected chi connectivity index (χ0v) is 10.5. The smallest absolute Gasteiger partial charge is 0.236 e. The van der Waals surface area contributed by atoms with E-state index in [0.29, 0.717) is 17.7 Å². The Kier molecular flexibility index (Phi) is 4.15. The van der Waals surface area contributed by atoms with E-state index in [1.54, 1.807) is 6.92 Å². The van der Waals surface area contributed by atoms with E-state index in [-0.39, 0.29) is 5.56 Å². The zero-order chi connectivity index (χ0) is 12.3. The van der Waals surface area contributed by atoms with Gasteiger partial charge in [-0.05, 0) is 24.1 Å². The van der Waals surface area contributed by atoms with Gasteiger partial charge in [0.25, 0.3) is 0 Å². The van der Waals surface area contributed by atoms with E-state index in [4.69, 9.17) is 15.4 Å². The molecule has 0 saturated carbocycles. The van der Waals surface area contributed by atoms with Crippen LogP contribution < -0.4 is 4.74 Å². The maximum Gasteiger partial charge on any atom is 0.236 e. The average molecular weight is 267 g/mol. The van der Waals surface area contributed by atoms with Gasteiger partial charge in [-0.3, -0.25) is 0 Å². The first-order valence-corrected chi connectivity index (χ1v) is 7.13. The summed E-state index contributed by atoms with van der Waals surface area (Å²) in [6, 6.07) is 2.66. The zero-order valence-electron chi connectivity index (χ0n) is 8.96. The summed E-state index contributed by atoms with van der Waals surface area (Å²) < 4.78 is 40.3. The van der Waals surface area contributed by atoms with Crippen LogP contribution in [0.25, 0.3) is 0 Å². The molecule has 0 bridgehead atoms. The molecule has 3 nitrogen and oxygen atoms in total. The molecule has 1 aromatic rings. The van der Waals surface area contributed by atoms with Gasteiger partial charge >= 0.3 is 0 Å². The second kappa shape index (κ2) is 5.01. The Labute approximate surface area is 98.6 Å². The van der Waals surface area contributed by atoms with Crippen LogP contribution in [0.2, 0.25) is 0 Å². The summed E-state index contributed by atoms with van der Waals surface area (Å²) in [6.07, 6.45) is 0.475. The first-order valence-electron chi connectivity index (χ1n) is 4.65. The Morgan fingerprint density at radius 1 is 1.44 bits per heavy atom. The Balaban J connectivity index is 3.20. The van der Waals surface area contributed by atoms with Gasteiger partial charge in [0.15, 0.2) is 0 Å². The van der Waals surface area contributed by atoms with Gasteiger partial charge in [0.2, 0.25) is 9.05 Å². The number of halogens is 2. The Morgan fingerprint density at radius 3 is 2.50 bits per heavy atom. The normalized spacial score (nSPS) is 11.5. The molecule has 0 heterocycles. The van der Waals surface area contributed by atoms with Gasteiger partial charge in [0.1, 0.15) is 11.6 Å². The minimum Gasteiger partial charge on any atom is -0.496 e. The monoisotopic (exact) mass is 266 g/mol. The van der Waals surface area contributed by atoms with Gasteiger partial charge in [-0.15, -0.1) is 0 Å². The standard InChI is InChI=1S/C10H12ClFO3S/c1-3-8-9(12)4-7(5-10(8)15-2)6-16(11,13)14/h4-5H,3,6H2,1-2H3. The summed E-state index contributed by atoms with van der Waals surface area (Å²) in [5.41, 5.74) is 0.708. The molecule has 0 radical (unpaired) electrons. The molecule has 0 unspecified atom stereocenters. The SMILES string of the molecule is CCc1c(F)cc(CS(=O)(=O)Cl)cc1OC. The van der Waals surface area contributed by atoms with Crippen molar-refractivity contribution in [1.82, 2.24) is 0 Å². The number of ether oxygens (including phenoxy) is 1. The van der Waals surface area contributed by atoms with E-state index in [1.165, 1.54) is 19.2 Å². The molecule has 0 aliphatic carbocycles. The fourth-order valence-electron chi connectivity index (χ4n) is 1.47. The molecule has 90 valence electrons. The number of hydrogen-bond donors (Lipinski definition) is 0. The van der Waals surface area contributed by atoms with Gasteiger partial charge in [0.05, 0.1) is 12.9 Å². The summed E-state index contributed by atoms with van der Waals surface area (Å²) >= 11 is 0. The van der Waals surface area contributed by atoms with Crippen LogP contribution >= 0.6 is 10.7 Å². The summed E-state index contributed by atoms with van der Waals surface area (Å²) in [7, 11) is 2.82. The fraction of sp³-hybridized carbons (Fsp3) is 0.400. The lowest BCUT2D eigenvalue weighted by atomic mass is 10.1. The minimum absolute atomic E-state index is 0.279. The number of rotatable bonds is 4. The van der Waals surface area contributed by atoms with Crippen molar-refractivity contribution in [1.29, 1.82) is 0 Å². The number of benzene rings is 1. The third-order valence-electron chi connectivity index (χ3n) is 2.13. The van der Waals surface area contributed by atoms with E-state index >= 15 is 0 Å². The molecular weight excluding hydrogens is 255 g/mol. The minimum atomic E-state index is -3.69. The Morgan fingerprint density at radius 2 is 2.06 bits per heavy atom. The van der Waals surface area contributed by atoms with Crippen LogP contribution in [0.1, 0.15) is 18.1 Å². The molecule has 0 aliphatic heterocycles. The van der Waals surface area contributed by atoms with Crippen LogP contribution in [0.4, 0.5) is 4.39 Å². The molecule has 1 aromatic carbocycles. The van der Waals surface area contributed by atoms with Crippen molar-refractivity contribution in [3.05, 3.63) is 29.1 Å². The lowest BCUT2D eigenvalue weighted by molar-refractivity contribution is 0.404. The van der Waals surface area contributed by atoms with Crippen LogP contribution in [0.15, 0.2) is 12.1 Å². The van der Waals surface area contributed by atoms with Crippen molar-refractivity contribution in [2.24, 2.45) is 0 Å². The molecule has 0 spiro atoms. The third-order valence-corrected chi connectivity index (χ3v) is 3.13. The Bertz CT molecular complexity index is 485. The van der Waals surface area contributed by atoms with Crippen molar-refractivity contribution in [2.75, 3.05) is 7.11 Å². The highest BCUT2D eigenvalue weighted by atomic mass is 35.7. The quantitative estimate of drug-likeness (QED) is 0.787. The first kappa shape index (κ1) is 13.3. The highest BCUT2D eigenvalue weighted by Gasteiger charge is 2.14.